The lowest BCUT2D eigenvalue weighted by atomic mass is 10.1. The monoisotopic (exact) mass is 276 g/mol. The number of aliphatic hydroxyl groups is 1. The molecule has 0 fully saturated rings. The van der Waals surface area contributed by atoms with Crippen molar-refractivity contribution in [2.24, 2.45) is 0 Å². The Hall–Kier alpha value is -0.0900. The standard InChI is InChI=1S/C10H13IO/c11-8-10(12)7-6-9-4-2-1-3-5-9/h1-5,10,12H,6-8H2/t10-/m0/s1. The molecule has 1 aromatic rings. The Kier molecular flexibility index (Phi) is 4.61. The molecule has 0 aliphatic rings. The van der Waals surface area contributed by atoms with E-state index in [0.29, 0.717) is 0 Å². The van der Waals surface area contributed by atoms with Gasteiger partial charge in [-0.1, -0.05) is 52.9 Å². The van der Waals surface area contributed by atoms with Crippen LogP contribution in [0.4, 0.5) is 0 Å². The molecular weight excluding hydrogens is 263 g/mol. The second-order valence-electron chi connectivity index (χ2n) is 2.83. The zero-order chi connectivity index (χ0) is 8.81. The summed E-state index contributed by atoms with van der Waals surface area (Å²) in [5, 5.41) is 9.31. The van der Waals surface area contributed by atoms with Crippen molar-refractivity contribution in [3.05, 3.63) is 35.9 Å². The van der Waals surface area contributed by atoms with Crippen LogP contribution < -0.4 is 0 Å². The lowest BCUT2D eigenvalue weighted by Gasteiger charge is -2.05. The normalized spacial score (nSPS) is 12.8. The molecule has 0 amide bonds. The Morgan fingerprint density at radius 1 is 1.25 bits per heavy atom. The van der Waals surface area contributed by atoms with Crippen molar-refractivity contribution in [2.75, 3.05) is 4.43 Å². The Morgan fingerprint density at radius 3 is 2.50 bits per heavy atom. The minimum atomic E-state index is -0.147. The third-order valence-corrected chi connectivity index (χ3v) is 2.80. The number of aryl methyl sites for hydroxylation is 1. The summed E-state index contributed by atoms with van der Waals surface area (Å²) in [5.41, 5.74) is 1.31. The van der Waals surface area contributed by atoms with E-state index < -0.39 is 0 Å². The van der Waals surface area contributed by atoms with E-state index in [1.165, 1.54) is 5.56 Å². The van der Waals surface area contributed by atoms with Crippen LogP contribution in [0, 0.1) is 0 Å². The van der Waals surface area contributed by atoms with Gasteiger partial charge in [-0.15, -0.1) is 0 Å². The summed E-state index contributed by atoms with van der Waals surface area (Å²) < 4.78 is 0.824. The summed E-state index contributed by atoms with van der Waals surface area (Å²) in [5.74, 6) is 0. The van der Waals surface area contributed by atoms with Gasteiger partial charge in [0.1, 0.15) is 0 Å². The molecular formula is C10H13IO. The highest BCUT2D eigenvalue weighted by molar-refractivity contribution is 14.1. The van der Waals surface area contributed by atoms with E-state index in [1.807, 2.05) is 18.2 Å². The molecule has 1 atom stereocenters. The molecule has 1 N–H and O–H groups in total. The smallest absolute Gasteiger partial charge is 0.0632 e. The Morgan fingerprint density at radius 2 is 1.92 bits per heavy atom. The molecule has 0 saturated heterocycles. The molecule has 0 bridgehead atoms. The largest absolute Gasteiger partial charge is 0.392 e. The molecule has 0 aliphatic carbocycles. The van der Waals surface area contributed by atoms with Crippen LogP contribution >= 0.6 is 22.6 Å². The van der Waals surface area contributed by atoms with Gasteiger partial charge < -0.3 is 5.11 Å². The van der Waals surface area contributed by atoms with Crippen LogP contribution in [0.2, 0.25) is 0 Å². The third-order valence-electron chi connectivity index (χ3n) is 1.79. The molecule has 66 valence electrons. The number of hydrogen-bond acceptors (Lipinski definition) is 1. The van der Waals surface area contributed by atoms with Crippen molar-refractivity contribution in [1.29, 1.82) is 0 Å². The number of aliphatic hydroxyl groups excluding tert-OH is 1. The maximum atomic E-state index is 9.31. The van der Waals surface area contributed by atoms with Crippen molar-refractivity contribution in [1.82, 2.24) is 0 Å². The van der Waals surface area contributed by atoms with Gasteiger partial charge in [-0.25, -0.2) is 0 Å². The Labute approximate surface area is 86.9 Å². The number of rotatable bonds is 4. The fourth-order valence-corrected chi connectivity index (χ4v) is 1.50. The minimum Gasteiger partial charge on any atom is -0.392 e. The maximum absolute atomic E-state index is 9.31. The molecule has 0 saturated carbocycles. The van der Waals surface area contributed by atoms with Gasteiger partial charge in [0.15, 0.2) is 0 Å². The van der Waals surface area contributed by atoms with E-state index in [1.54, 1.807) is 0 Å². The number of alkyl halides is 1. The van der Waals surface area contributed by atoms with E-state index in [9.17, 15) is 5.11 Å². The van der Waals surface area contributed by atoms with Crippen LogP contribution in [0.3, 0.4) is 0 Å². The van der Waals surface area contributed by atoms with Crippen molar-refractivity contribution >= 4 is 22.6 Å². The average molecular weight is 276 g/mol. The summed E-state index contributed by atoms with van der Waals surface area (Å²) in [6, 6.07) is 10.3. The van der Waals surface area contributed by atoms with Gasteiger partial charge in [-0.05, 0) is 18.4 Å². The summed E-state index contributed by atoms with van der Waals surface area (Å²) in [4.78, 5) is 0. The fourth-order valence-electron chi connectivity index (χ4n) is 1.06. The quantitative estimate of drug-likeness (QED) is 0.661. The van der Waals surface area contributed by atoms with E-state index >= 15 is 0 Å². The van der Waals surface area contributed by atoms with Gasteiger partial charge in [0.25, 0.3) is 0 Å². The van der Waals surface area contributed by atoms with Gasteiger partial charge in [0.05, 0.1) is 6.10 Å². The molecule has 2 heteroatoms. The van der Waals surface area contributed by atoms with Crippen LogP contribution in [-0.2, 0) is 6.42 Å². The van der Waals surface area contributed by atoms with Crippen LogP contribution in [0.25, 0.3) is 0 Å². The van der Waals surface area contributed by atoms with E-state index in [2.05, 4.69) is 34.7 Å². The zero-order valence-electron chi connectivity index (χ0n) is 6.91. The van der Waals surface area contributed by atoms with Gasteiger partial charge in [-0.2, -0.15) is 0 Å². The second kappa shape index (κ2) is 5.54. The SMILES string of the molecule is O[C@H](CI)CCc1ccccc1. The van der Waals surface area contributed by atoms with Gasteiger partial charge in [0.2, 0.25) is 0 Å². The fraction of sp³-hybridized carbons (Fsp3) is 0.400. The van der Waals surface area contributed by atoms with Crippen molar-refractivity contribution in [3.8, 4) is 0 Å². The molecule has 0 aliphatic heterocycles. The number of halogens is 1. The molecule has 0 aromatic heterocycles. The van der Waals surface area contributed by atoms with Crippen LogP contribution in [0.1, 0.15) is 12.0 Å². The molecule has 12 heavy (non-hydrogen) atoms. The number of hydrogen-bond donors (Lipinski definition) is 1. The van der Waals surface area contributed by atoms with Crippen molar-refractivity contribution < 1.29 is 5.11 Å². The van der Waals surface area contributed by atoms with Crippen LogP contribution in [-0.4, -0.2) is 15.6 Å². The highest BCUT2D eigenvalue weighted by Crippen LogP contribution is 2.06. The van der Waals surface area contributed by atoms with Gasteiger partial charge >= 0.3 is 0 Å². The lowest BCUT2D eigenvalue weighted by Crippen LogP contribution is -2.08. The van der Waals surface area contributed by atoms with Crippen LogP contribution in [0.5, 0.6) is 0 Å². The summed E-state index contributed by atoms with van der Waals surface area (Å²) in [6.45, 7) is 0. The van der Waals surface area contributed by atoms with Crippen molar-refractivity contribution in [3.63, 3.8) is 0 Å². The predicted molar refractivity (Wildman–Crippen MR) is 59.7 cm³/mol. The maximum Gasteiger partial charge on any atom is 0.0632 e. The highest BCUT2D eigenvalue weighted by Gasteiger charge is 2.00. The first-order valence-electron chi connectivity index (χ1n) is 4.11. The number of benzene rings is 1. The molecule has 0 radical (unpaired) electrons. The van der Waals surface area contributed by atoms with Crippen LogP contribution in [0.15, 0.2) is 30.3 Å². The lowest BCUT2D eigenvalue weighted by molar-refractivity contribution is 0.192. The molecule has 1 rings (SSSR count). The first kappa shape index (κ1) is 9.99. The molecule has 1 aromatic carbocycles. The topological polar surface area (TPSA) is 20.2 Å². The minimum absolute atomic E-state index is 0.147. The Balaban J connectivity index is 2.33. The van der Waals surface area contributed by atoms with E-state index in [4.69, 9.17) is 0 Å². The van der Waals surface area contributed by atoms with E-state index in [0.717, 1.165) is 17.3 Å². The third kappa shape index (κ3) is 3.54. The molecule has 0 spiro atoms. The zero-order valence-corrected chi connectivity index (χ0v) is 9.07. The summed E-state index contributed by atoms with van der Waals surface area (Å²) in [6.07, 6.45) is 1.70. The van der Waals surface area contributed by atoms with E-state index in [-0.39, 0.29) is 6.10 Å². The molecule has 0 unspecified atom stereocenters. The highest BCUT2D eigenvalue weighted by atomic mass is 127. The molecule has 0 heterocycles. The summed E-state index contributed by atoms with van der Waals surface area (Å²) in [7, 11) is 0. The second-order valence-corrected chi connectivity index (χ2v) is 3.71. The average Bonchev–Trinajstić information content (AvgIpc) is 2.16. The first-order chi connectivity index (χ1) is 5.83. The van der Waals surface area contributed by atoms with Gasteiger partial charge in [-0.3, -0.25) is 0 Å². The summed E-state index contributed by atoms with van der Waals surface area (Å²) >= 11 is 2.21. The Bertz CT molecular complexity index is 210. The van der Waals surface area contributed by atoms with Crippen molar-refractivity contribution in [2.45, 2.75) is 18.9 Å². The molecule has 1 nitrogen and oxygen atoms in total. The predicted octanol–water partition coefficient (Wildman–Crippen LogP) is 2.42. The van der Waals surface area contributed by atoms with Gasteiger partial charge in [0, 0.05) is 4.43 Å². The first-order valence-corrected chi connectivity index (χ1v) is 5.63.